The molecule has 0 saturated carbocycles. The van der Waals surface area contributed by atoms with Gasteiger partial charge in [-0.25, -0.2) is 4.79 Å². The molecule has 5 heteroatoms. The molecule has 5 nitrogen and oxygen atoms in total. The van der Waals surface area contributed by atoms with E-state index in [0.29, 0.717) is 5.70 Å². The fraction of sp³-hybridized carbons (Fsp3) is 0.308. The number of aryl methyl sites for hydroxylation is 1. The monoisotopic (exact) mass is 245 g/mol. The van der Waals surface area contributed by atoms with Gasteiger partial charge in [-0.3, -0.25) is 9.67 Å². The first-order chi connectivity index (χ1) is 8.58. The Morgan fingerprint density at radius 3 is 2.89 bits per heavy atom. The molecular weight excluding hydrogens is 230 g/mol. The van der Waals surface area contributed by atoms with Gasteiger partial charge in [0.2, 0.25) is 0 Å². The van der Waals surface area contributed by atoms with Crippen molar-refractivity contribution >= 4 is 18.3 Å². The molecule has 0 aliphatic carbocycles. The van der Waals surface area contributed by atoms with Crippen LogP contribution < -0.4 is 0 Å². The van der Waals surface area contributed by atoms with E-state index in [1.54, 1.807) is 36.4 Å². The molecule has 1 aromatic rings. The standard InChI is InChI=1S/C13H15N3O2/c1-9-4-3-5-14-12(9)11(13(17)18)6-10-7-15-16(2)8-10/h5-8H,3-4H2,1-2H3,(H,17,18)/b11-6+. The van der Waals surface area contributed by atoms with Gasteiger partial charge in [-0.05, 0) is 31.4 Å². The lowest BCUT2D eigenvalue weighted by atomic mass is 10.0. The Balaban J connectivity index is 2.44. The van der Waals surface area contributed by atoms with Crippen molar-refractivity contribution in [1.82, 2.24) is 9.78 Å². The van der Waals surface area contributed by atoms with E-state index in [1.807, 2.05) is 6.92 Å². The third kappa shape index (κ3) is 2.56. The maximum atomic E-state index is 11.4. The molecule has 2 heterocycles. The van der Waals surface area contributed by atoms with Gasteiger partial charge in [-0.2, -0.15) is 5.10 Å². The average molecular weight is 245 g/mol. The van der Waals surface area contributed by atoms with Crippen LogP contribution in [0.25, 0.3) is 6.08 Å². The summed E-state index contributed by atoms with van der Waals surface area (Å²) in [6.45, 7) is 1.92. The number of aliphatic imine (C=N–C) groups is 1. The number of allylic oxidation sites excluding steroid dienone is 1. The quantitative estimate of drug-likeness (QED) is 0.828. The first-order valence-electron chi connectivity index (χ1n) is 5.74. The number of carboxylic acid groups (broad SMARTS) is 1. The molecule has 0 fully saturated rings. The summed E-state index contributed by atoms with van der Waals surface area (Å²) in [5.41, 5.74) is 2.56. The highest BCUT2D eigenvalue weighted by atomic mass is 16.4. The second-order valence-electron chi connectivity index (χ2n) is 4.29. The van der Waals surface area contributed by atoms with Crippen LogP contribution in [0.3, 0.4) is 0 Å². The van der Waals surface area contributed by atoms with Crippen LogP contribution in [0.4, 0.5) is 0 Å². The highest BCUT2D eigenvalue weighted by molar-refractivity contribution is 5.97. The summed E-state index contributed by atoms with van der Waals surface area (Å²) in [5, 5.41) is 13.3. The first-order valence-corrected chi connectivity index (χ1v) is 5.74. The van der Waals surface area contributed by atoms with Crippen LogP contribution in [0.5, 0.6) is 0 Å². The minimum absolute atomic E-state index is 0.219. The molecule has 1 aliphatic heterocycles. The van der Waals surface area contributed by atoms with Crippen molar-refractivity contribution in [3.63, 3.8) is 0 Å². The molecular formula is C13H15N3O2. The SMILES string of the molecule is CC1=C(/C(=C\c2cnn(C)c2)C(=O)O)N=CCC1. The Hall–Kier alpha value is -2.17. The van der Waals surface area contributed by atoms with Crippen LogP contribution in [-0.4, -0.2) is 27.1 Å². The predicted molar refractivity (Wildman–Crippen MR) is 69.2 cm³/mol. The van der Waals surface area contributed by atoms with Gasteiger partial charge in [0.25, 0.3) is 0 Å². The van der Waals surface area contributed by atoms with Gasteiger partial charge in [0.05, 0.1) is 17.5 Å². The molecule has 0 aromatic carbocycles. The Labute approximate surface area is 105 Å². The van der Waals surface area contributed by atoms with Crippen molar-refractivity contribution in [2.75, 3.05) is 0 Å². The highest BCUT2D eigenvalue weighted by Crippen LogP contribution is 2.24. The number of hydrogen-bond acceptors (Lipinski definition) is 3. The fourth-order valence-electron chi connectivity index (χ4n) is 1.88. The Kier molecular flexibility index (Phi) is 3.41. The second kappa shape index (κ2) is 5.00. The van der Waals surface area contributed by atoms with Crippen molar-refractivity contribution in [2.24, 2.45) is 12.0 Å². The van der Waals surface area contributed by atoms with Gasteiger partial charge >= 0.3 is 5.97 Å². The van der Waals surface area contributed by atoms with E-state index in [0.717, 1.165) is 24.0 Å². The lowest BCUT2D eigenvalue weighted by Crippen LogP contribution is -2.07. The summed E-state index contributed by atoms with van der Waals surface area (Å²) >= 11 is 0. The van der Waals surface area contributed by atoms with E-state index in [1.165, 1.54) is 0 Å². The Morgan fingerprint density at radius 1 is 1.56 bits per heavy atom. The van der Waals surface area contributed by atoms with Gasteiger partial charge in [-0.15, -0.1) is 0 Å². The van der Waals surface area contributed by atoms with E-state index < -0.39 is 5.97 Å². The van der Waals surface area contributed by atoms with E-state index in [-0.39, 0.29) is 5.57 Å². The lowest BCUT2D eigenvalue weighted by molar-refractivity contribution is -0.132. The zero-order valence-electron chi connectivity index (χ0n) is 10.4. The molecule has 0 saturated heterocycles. The zero-order valence-corrected chi connectivity index (χ0v) is 10.4. The summed E-state index contributed by atoms with van der Waals surface area (Å²) in [4.78, 5) is 15.6. The molecule has 0 bridgehead atoms. The van der Waals surface area contributed by atoms with Crippen LogP contribution in [0.1, 0.15) is 25.3 Å². The maximum Gasteiger partial charge on any atom is 0.337 e. The molecule has 0 amide bonds. The molecule has 1 aliphatic rings. The van der Waals surface area contributed by atoms with Crippen molar-refractivity contribution in [1.29, 1.82) is 0 Å². The third-order valence-electron chi connectivity index (χ3n) is 2.79. The number of aliphatic carboxylic acids is 1. The van der Waals surface area contributed by atoms with Crippen LogP contribution in [0.2, 0.25) is 0 Å². The molecule has 0 unspecified atom stereocenters. The Bertz CT molecular complexity index is 565. The van der Waals surface area contributed by atoms with Gasteiger partial charge in [0, 0.05) is 25.0 Å². The molecule has 0 spiro atoms. The largest absolute Gasteiger partial charge is 0.478 e. The van der Waals surface area contributed by atoms with Crippen molar-refractivity contribution in [2.45, 2.75) is 19.8 Å². The minimum Gasteiger partial charge on any atom is -0.478 e. The summed E-state index contributed by atoms with van der Waals surface area (Å²) < 4.78 is 1.64. The van der Waals surface area contributed by atoms with E-state index in [4.69, 9.17) is 0 Å². The number of carbonyl (C=O) groups is 1. The van der Waals surface area contributed by atoms with E-state index in [2.05, 4.69) is 10.1 Å². The molecule has 2 rings (SSSR count). The molecule has 18 heavy (non-hydrogen) atoms. The molecule has 1 aromatic heterocycles. The molecule has 94 valence electrons. The minimum atomic E-state index is -0.966. The highest BCUT2D eigenvalue weighted by Gasteiger charge is 2.17. The lowest BCUT2D eigenvalue weighted by Gasteiger charge is -2.12. The van der Waals surface area contributed by atoms with Crippen molar-refractivity contribution < 1.29 is 9.90 Å². The topological polar surface area (TPSA) is 67.5 Å². The van der Waals surface area contributed by atoms with Gasteiger partial charge in [0.15, 0.2) is 0 Å². The average Bonchev–Trinajstić information content (AvgIpc) is 2.73. The summed E-state index contributed by atoms with van der Waals surface area (Å²) in [6, 6.07) is 0. The van der Waals surface area contributed by atoms with Crippen LogP contribution >= 0.6 is 0 Å². The predicted octanol–water partition coefficient (Wildman–Crippen LogP) is 2.03. The third-order valence-corrected chi connectivity index (χ3v) is 2.79. The molecule has 0 atom stereocenters. The van der Waals surface area contributed by atoms with Crippen molar-refractivity contribution in [3.05, 3.63) is 34.8 Å². The first kappa shape index (κ1) is 12.3. The number of aromatic nitrogens is 2. The van der Waals surface area contributed by atoms with E-state index in [9.17, 15) is 9.90 Å². The van der Waals surface area contributed by atoms with Crippen molar-refractivity contribution in [3.8, 4) is 0 Å². The van der Waals surface area contributed by atoms with Crippen LogP contribution in [0.15, 0.2) is 34.2 Å². The fourth-order valence-corrected chi connectivity index (χ4v) is 1.88. The van der Waals surface area contributed by atoms with Crippen LogP contribution in [-0.2, 0) is 11.8 Å². The normalized spacial score (nSPS) is 16.2. The summed E-state index contributed by atoms with van der Waals surface area (Å²) in [5.74, 6) is -0.966. The summed E-state index contributed by atoms with van der Waals surface area (Å²) in [7, 11) is 1.79. The maximum absolute atomic E-state index is 11.4. The number of rotatable bonds is 3. The summed E-state index contributed by atoms with van der Waals surface area (Å²) in [6.07, 6.45) is 8.50. The Morgan fingerprint density at radius 2 is 2.33 bits per heavy atom. The van der Waals surface area contributed by atoms with Gasteiger partial charge in [0.1, 0.15) is 0 Å². The smallest absolute Gasteiger partial charge is 0.337 e. The number of carboxylic acids is 1. The zero-order chi connectivity index (χ0) is 13.1. The van der Waals surface area contributed by atoms with Crippen LogP contribution in [0, 0.1) is 0 Å². The van der Waals surface area contributed by atoms with E-state index >= 15 is 0 Å². The van der Waals surface area contributed by atoms with Gasteiger partial charge < -0.3 is 5.11 Å². The molecule has 1 N–H and O–H groups in total. The van der Waals surface area contributed by atoms with Gasteiger partial charge in [-0.1, -0.05) is 0 Å². The number of nitrogens with zero attached hydrogens (tertiary/aromatic N) is 3. The number of hydrogen-bond donors (Lipinski definition) is 1. The second-order valence-corrected chi connectivity index (χ2v) is 4.29. The molecule has 0 radical (unpaired) electrons.